The predicted octanol–water partition coefficient (Wildman–Crippen LogP) is 3.63. The first-order valence-electron chi connectivity index (χ1n) is 8.70. The van der Waals surface area contributed by atoms with E-state index in [1.165, 1.54) is 5.56 Å². The summed E-state index contributed by atoms with van der Waals surface area (Å²) >= 11 is 0. The molecule has 140 valence electrons. The van der Waals surface area contributed by atoms with E-state index in [0.29, 0.717) is 22.9 Å². The highest BCUT2D eigenvalue weighted by Gasteiger charge is 2.11. The number of rotatable bonds is 8. The summed E-state index contributed by atoms with van der Waals surface area (Å²) in [6, 6.07) is 16.1. The molecule has 6 nitrogen and oxygen atoms in total. The monoisotopic (exact) mass is 366 g/mol. The van der Waals surface area contributed by atoms with Crippen molar-refractivity contribution in [2.75, 3.05) is 18.5 Å². The van der Waals surface area contributed by atoms with Crippen LogP contribution in [0.25, 0.3) is 0 Å². The number of anilines is 1. The number of nitrogens with one attached hydrogen (secondary N) is 1. The Kier molecular flexibility index (Phi) is 7.38. The molecule has 2 aromatic carbocycles. The first-order valence-corrected chi connectivity index (χ1v) is 8.70. The van der Waals surface area contributed by atoms with Crippen molar-refractivity contribution in [3.8, 4) is 11.8 Å². The van der Waals surface area contributed by atoms with Crippen LogP contribution >= 0.6 is 0 Å². The summed E-state index contributed by atoms with van der Waals surface area (Å²) in [6.45, 7) is 3.48. The second-order valence-corrected chi connectivity index (χ2v) is 6.04. The van der Waals surface area contributed by atoms with Gasteiger partial charge in [-0.2, -0.15) is 5.26 Å². The first-order chi connectivity index (χ1) is 13.0. The molecule has 0 aliphatic heterocycles. The quantitative estimate of drug-likeness (QED) is 0.721. The molecule has 27 heavy (non-hydrogen) atoms. The Morgan fingerprint density at radius 3 is 2.48 bits per heavy atom. The number of para-hydroxylation sites is 1. The summed E-state index contributed by atoms with van der Waals surface area (Å²) in [4.78, 5) is 23.6. The van der Waals surface area contributed by atoms with Crippen LogP contribution in [0.1, 0.15) is 37.3 Å². The Bertz CT molecular complexity index is 825. The van der Waals surface area contributed by atoms with Crippen LogP contribution in [-0.4, -0.2) is 25.1 Å². The van der Waals surface area contributed by atoms with Crippen LogP contribution in [-0.2, 0) is 14.3 Å². The van der Waals surface area contributed by atoms with Gasteiger partial charge in [0, 0.05) is 5.69 Å². The lowest BCUT2D eigenvalue weighted by molar-refractivity contribution is -0.149. The van der Waals surface area contributed by atoms with Crippen LogP contribution in [0.5, 0.6) is 5.75 Å². The van der Waals surface area contributed by atoms with E-state index in [1.54, 1.807) is 24.3 Å². The fourth-order valence-corrected chi connectivity index (χ4v) is 2.34. The van der Waals surface area contributed by atoms with Crippen LogP contribution in [0.15, 0.2) is 48.5 Å². The molecular weight excluding hydrogens is 344 g/mol. The van der Waals surface area contributed by atoms with Gasteiger partial charge in [0.1, 0.15) is 11.8 Å². The van der Waals surface area contributed by atoms with Crippen molar-refractivity contribution in [3.63, 3.8) is 0 Å². The van der Waals surface area contributed by atoms with E-state index >= 15 is 0 Å². The molecular formula is C21H22N2O4. The fraction of sp³-hybridized carbons (Fsp3) is 0.286. The zero-order valence-electron chi connectivity index (χ0n) is 15.4. The molecule has 6 heteroatoms. The van der Waals surface area contributed by atoms with E-state index in [4.69, 9.17) is 14.7 Å². The minimum Gasteiger partial charge on any atom is -0.481 e. The molecule has 2 rings (SSSR count). The van der Waals surface area contributed by atoms with Crippen LogP contribution < -0.4 is 10.1 Å². The number of amides is 1. The van der Waals surface area contributed by atoms with Gasteiger partial charge in [0.2, 0.25) is 0 Å². The molecule has 1 atom stereocenters. The highest BCUT2D eigenvalue weighted by atomic mass is 16.6. The number of hydrogen-bond acceptors (Lipinski definition) is 5. The third kappa shape index (κ3) is 6.15. The molecule has 0 heterocycles. The Morgan fingerprint density at radius 2 is 1.81 bits per heavy atom. The van der Waals surface area contributed by atoms with E-state index < -0.39 is 18.5 Å². The summed E-state index contributed by atoms with van der Waals surface area (Å²) < 4.78 is 10.1. The maximum absolute atomic E-state index is 11.9. The van der Waals surface area contributed by atoms with Gasteiger partial charge in [0.15, 0.2) is 13.2 Å². The Labute approximate surface area is 158 Å². The lowest BCUT2D eigenvalue weighted by atomic mass is 9.99. The lowest BCUT2D eigenvalue weighted by Crippen LogP contribution is -2.23. The van der Waals surface area contributed by atoms with Gasteiger partial charge in [-0.3, -0.25) is 4.79 Å². The summed E-state index contributed by atoms with van der Waals surface area (Å²) in [5.41, 5.74) is 2.17. The van der Waals surface area contributed by atoms with Crippen LogP contribution in [0.4, 0.5) is 5.69 Å². The second kappa shape index (κ2) is 9.97. The minimum atomic E-state index is -0.690. The number of benzene rings is 2. The molecule has 2 aromatic rings. The van der Waals surface area contributed by atoms with E-state index in [2.05, 4.69) is 19.2 Å². The second-order valence-electron chi connectivity index (χ2n) is 6.04. The molecule has 0 radical (unpaired) electrons. The third-order valence-corrected chi connectivity index (χ3v) is 4.09. The van der Waals surface area contributed by atoms with E-state index in [1.807, 2.05) is 30.3 Å². The SMILES string of the molecule is CC[C@H](C)c1ccc(NC(=O)COC(=O)COc2ccccc2C#N)cc1. The maximum Gasteiger partial charge on any atom is 0.344 e. The van der Waals surface area contributed by atoms with Crippen molar-refractivity contribution in [2.24, 2.45) is 0 Å². The van der Waals surface area contributed by atoms with Gasteiger partial charge in [0.05, 0.1) is 5.56 Å². The molecule has 0 aromatic heterocycles. The van der Waals surface area contributed by atoms with Gasteiger partial charge in [-0.1, -0.05) is 38.1 Å². The van der Waals surface area contributed by atoms with Crippen molar-refractivity contribution in [2.45, 2.75) is 26.2 Å². The average Bonchev–Trinajstić information content (AvgIpc) is 2.70. The van der Waals surface area contributed by atoms with Crippen molar-refractivity contribution < 1.29 is 19.1 Å². The van der Waals surface area contributed by atoms with Gasteiger partial charge in [-0.05, 0) is 42.2 Å². The van der Waals surface area contributed by atoms with Crippen LogP contribution in [0.2, 0.25) is 0 Å². The van der Waals surface area contributed by atoms with Gasteiger partial charge >= 0.3 is 5.97 Å². The smallest absolute Gasteiger partial charge is 0.344 e. The largest absolute Gasteiger partial charge is 0.481 e. The van der Waals surface area contributed by atoms with Crippen molar-refractivity contribution in [3.05, 3.63) is 59.7 Å². The maximum atomic E-state index is 11.9. The minimum absolute atomic E-state index is 0.294. The summed E-state index contributed by atoms with van der Waals surface area (Å²) in [5, 5.41) is 11.6. The number of nitrogens with zero attached hydrogens (tertiary/aromatic N) is 1. The normalized spacial score (nSPS) is 11.1. The van der Waals surface area contributed by atoms with E-state index in [-0.39, 0.29) is 6.61 Å². The molecule has 0 saturated heterocycles. The third-order valence-electron chi connectivity index (χ3n) is 4.09. The van der Waals surface area contributed by atoms with Crippen LogP contribution in [0, 0.1) is 11.3 Å². The van der Waals surface area contributed by atoms with Gasteiger partial charge in [-0.15, -0.1) is 0 Å². The number of nitriles is 1. The fourth-order valence-electron chi connectivity index (χ4n) is 2.34. The molecule has 0 aliphatic rings. The highest BCUT2D eigenvalue weighted by molar-refractivity contribution is 5.92. The lowest BCUT2D eigenvalue weighted by Gasteiger charge is -2.11. The number of carbonyl (C=O) groups is 2. The number of hydrogen-bond donors (Lipinski definition) is 1. The summed E-state index contributed by atoms with van der Waals surface area (Å²) in [6.07, 6.45) is 1.04. The predicted molar refractivity (Wildman–Crippen MR) is 101 cm³/mol. The Balaban J connectivity index is 1.76. The van der Waals surface area contributed by atoms with Crippen molar-refractivity contribution in [1.29, 1.82) is 5.26 Å². The van der Waals surface area contributed by atoms with Crippen molar-refractivity contribution in [1.82, 2.24) is 0 Å². The molecule has 1 N–H and O–H groups in total. The summed E-state index contributed by atoms with van der Waals surface area (Å²) in [5.74, 6) is -0.369. The molecule has 0 aliphatic carbocycles. The molecule has 0 bridgehead atoms. The first kappa shape index (κ1) is 20.0. The van der Waals surface area contributed by atoms with Crippen LogP contribution in [0.3, 0.4) is 0 Å². The molecule has 0 unspecified atom stereocenters. The number of carbonyl (C=O) groups excluding carboxylic acids is 2. The summed E-state index contributed by atoms with van der Waals surface area (Å²) in [7, 11) is 0. The highest BCUT2D eigenvalue weighted by Crippen LogP contribution is 2.20. The topological polar surface area (TPSA) is 88.4 Å². The molecule has 1 amide bonds. The Morgan fingerprint density at radius 1 is 1.11 bits per heavy atom. The zero-order valence-corrected chi connectivity index (χ0v) is 15.4. The van der Waals surface area contributed by atoms with Gasteiger partial charge < -0.3 is 14.8 Å². The van der Waals surface area contributed by atoms with Crippen molar-refractivity contribution >= 4 is 17.6 Å². The van der Waals surface area contributed by atoms with E-state index in [0.717, 1.165) is 6.42 Å². The van der Waals surface area contributed by atoms with E-state index in [9.17, 15) is 9.59 Å². The number of esters is 1. The van der Waals surface area contributed by atoms with Gasteiger partial charge in [0.25, 0.3) is 5.91 Å². The average molecular weight is 366 g/mol. The van der Waals surface area contributed by atoms with Gasteiger partial charge in [-0.25, -0.2) is 4.79 Å². The zero-order chi connectivity index (χ0) is 19.6. The molecule has 0 spiro atoms. The standard InChI is InChI=1S/C21H22N2O4/c1-3-15(2)16-8-10-18(11-9-16)23-20(24)13-27-21(25)14-26-19-7-5-4-6-17(19)12-22/h4-11,15H,3,13-14H2,1-2H3,(H,23,24)/t15-/m0/s1. The molecule has 0 fully saturated rings. The number of ether oxygens (including phenoxy) is 2. The molecule has 0 saturated carbocycles. The Hall–Kier alpha value is -3.33.